The Morgan fingerprint density at radius 2 is 1.96 bits per heavy atom. The van der Waals surface area contributed by atoms with Crippen LogP contribution in [-0.2, 0) is 19.0 Å². The summed E-state index contributed by atoms with van der Waals surface area (Å²) in [6, 6.07) is 0. The summed E-state index contributed by atoms with van der Waals surface area (Å²) in [4.78, 5) is 11.7. The second-order valence-electron chi connectivity index (χ2n) is 7.76. The number of carbonyl (C=O) groups is 1. The Balaban J connectivity index is 1.57. The van der Waals surface area contributed by atoms with Crippen LogP contribution in [0.5, 0.6) is 0 Å². The predicted molar refractivity (Wildman–Crippen MR) is 73.6 cm³/mol. The van der Waals surface area contributed by atoms with Crippen LogP contribution in [0, 0.1) is 17.8 Å². The summed E-state index contributed by atoms with van der Waals surface area (Å²) in [6.45, 7) is 0.840. The number of aliphatic hydroxyl groups excluding tert-OH is 1. The first-order valence-corrected chi connectivity index (χ1v) is 8.30. The average molecular weight is 332 g/mol. The van der Waals surface area contributed by atoms with Crippen molar-refractivity contribution in [2.45, 2.75) is 62.4 Å². The lowest BCUT2D eigenvalue weighted by Crippen LogP contribution is -2.65. The fraction of sp³-hybridized carbons (Fsp3) is 0.938. The van der Waals surface area contributed by atoms with Gasteiger partial charge in [-0.15, -0.1) is 0 Å². The summed E-state index contributed by atoms with van der Waals surface area (Å²) in [7, 11) is 0. The van der Waals surface area contributed by atoms with Gasteiger partial charge in [-0.2, -0.15) is 8.78 Å². The van der Waals surface area contributed by atoms with Gasteiger partial charge in [0.15, 0.2) is 5.79 Å². The fourth-order valence-electron chi connectivity index (χ4n) is 5.34. The first-order chi connectivity index (χ1) is 10.8. The minimum atomic E-state index is -3.47. The molecule has 0 radical (unpaired) electrons. The number of alkyl halides is 2. The second kappa shape index (κ2) is 4.86. The number of hydrogen-bond donors (Lipinski definition) is 1. The molecule has 1 aliphatic heterocycles. The van der Waals surface area contributed by atoms with Gasteiger partial charge in [-0.1, -0.05) is 0 Å². The zero-order chi connectivity index (χ0) is 16.5. The van der Waals surface area contributed by atoms with Crippen LogP contribution in [-0.4, -0.2) is 47.7 Å². The van der Waals surface area contributed by atoms with E-state index in [9.17, 15) is 18.7 Å². The molecule has 0 aromatic heterocycles. The normalized spacial score (nSPS) is 48.2. The topological polar surface area (TPSA) is 65.0 Å². The van der Waals surface area contributed by atoms with Crippen molar-refractivity contribution >= 4 is 5.97 Å². The molecule has 1 heterocycles. The van der Waals surface area contributed by atoms with Gasteiger partial charge in [0.05, 0.1) is 13.2 Å². The van der Waals surface area contributed by atoms with Gasteiger partial charge in [-0.3, -0.25) is 0 Å². The van der Waals surface area contributed by atoms with Crippen molar-refractivity contribution in [2.75, 3.05) is 13.2 Å². The van der Waals surface area contributed by atoms with Gasteiger partial charge < -0.3 is 19.3 Å². The summed E-state index contributed by atoms with van der Waals surface area (Å²) in [5, 5.41) is 9.31. The maximum Gasteiger partial charge on any atom is 0.377 e. The molecule has 5 aliphatic rings. The van der Waals surface area contributed by atoms with Gasteiger partial charge >= 0.3 is 11.9 Å². The Morgan fingerprint density at radius 1 is 1.30 bits per heavy atom. The summed E-state index contributed by atoms with van der Waals surface area (Å²) >= 11 is 0. The number of aliphatic hydroxyl groups is 1. The number of halogens is 2. The largest absolute Gasteiger partial charge is 0.455 e. The molecule has 5 fully saturated rings. The molecular weight excluding hydrogens is 310 g/mol. The first-order valence-electron chi connectivity index (χ1n) is 8.30. The van der Waals surface area contributed by atoms with E-state index in [0.29, 0.717) is 38.7 Å². The van der Waals surface area contributed by atoms with E-state index in [4.69, 9.17) is 14.2 Å². The van der Waals surface area contributed by atoms with Gasteiger partial charge in [-0.05, 0) is 38.0 Å². The molecule has 4 aliphatic carbocycles. The molecule has 0 aromatic rings. The van der Waals surface area contributed by atoms with Crippen molar-refractivity contribution in [3.05, 3.63) is 0 Å². The molecule has 1 N–H and O–H groups in total. The molecule has 1 saturated heterocycles. The molecule has 130 valence electrons. The number of ether oxygens (including phenoxy) is 3. The summed E-state index contributed by atoms with van der Waals surface area (Å²) < 4.78 is 43.8. The number of carbonyl (C=O) groups excluding carboxylic acids is 1. The Morgan fingerprint density at radius 3 is 2.48 bits per heavy atom. The van der Waals surface area contributed by atoms with Crippen LogP contribution in [0.2, 0.25) is 0 Å². The van der Waals surface area contributed by atoms with Crippen LogP contribution in [0.15, 0.2) is 0 Å². The second-order valence-corrected chi connectivity index (χ2v) is 7.76. The maximum absolute atomic E-state index is 13.2. The van der Waals surface area contributed by atoms with Crippen LogP contribution in [0.4, 0.5) is 8.78 Å². The summed E-state index contributed by atoms with van der Waals surface area (Å²) in [5.74, 6) is -5.21. The quantitative estimate of drug-likeness (QED) is 0.799. The van der Waals surface area contributed by atoms with Crippen LogP contribution in [0.25, 0.3) is 0 Å². The molecule has 7 heteroatoms. The van der Waals surface area contributed by atoms with E-state index < -0.39 is 23.3 Å². The predicted octanol–water partition coefficient (Wildman–Crippen LogP) is 1.87. The van der Waals surface area contributed by atoms with Crippen molar-refractivity contribution in [3.8, 4) is 0 Å². The van der Waals surface area contributed by atoms with Gasteiger partial charge in [0.2, 0.25) is 0 Å². The van der Waals surface area contributed by atoms with Crippen LogP contribution in [0.3, 0.4) is 0 Å². The maximum atomic E-state index is 13.2. The zero-order valence-electron chi connectivity index (χ0n) is 13.1. The van der Waals surface area contributed by atoms with E-state index in [1.54, 1.807) is 0 Å². The first kappa shape index (κ1) is 15.7. The van der Waals surface area contributed by atoms with Gasteiger partial charge in [0.25, 0.3) is 0 Å². The van der Waals surface area contributed by atoms with Crippen LogP contribution in [0.1, 0.15) is 39.0 Å². The zero-order valence-corrected chi connectivity index (χ0v) is 13.1. The minimum Gasteiger partial charge on any atom is -0.455 e. The average Bonchev–Trinajstić information content (AvgIpc) is 2.88. The van der Waals surface area contributed by atoms with Crippen molar-refractivity contribution in [3.63, 3.8) is 0 Å². The third-order valence-corrected chi connectivity index (χ3v) is 5.99. The Hall–Kier alpha value is -0.790. The van der Waals surface area contributed by atoms with E-state index in [-0.39, 0.29) is 24.5 Å². The smallest absolute Gasteiger partial charge is 0.377 e. The number of hydrogen-bond acceptors (Lipinski definition) is 5. The lowest BCUT2D eigenvalue weighted by molar-refractivity contribution is -0.322. The van der Waals surface area contributed by atoms with E-state index >= 15 is 0 Å². The third kappa shape index (κ3) is 2.31. The standard InChI is InChI=1S/C16H22F2O5/c1-14(17,18)13(20)23-15-4-9-2-10(5-15)16(11(3-9)6-15)21-8-12(7-19)22-16/h9-12,19H,2-8H2,1H3. The van der Waals surface area contributed by atoms with Crippen molar-refractivity contribution in [2.24, 2.45) is 17.8 Å². The minimum absolute atomic E-state index is 0.0311. The molecule has 3 atom stereocenters. The Bertz CT molecular complexity index is 501. The highest BCUT2D eigenvalue weighted by Crippen LogP contribution is 2.63. The molecule has 5 nitrogen and oxygen atoms in total. The SMILES string of the molecule is CC(F)(F)C(=O)OC12CC3CC(C1)C1(OCC(CO)O1)C(C3)C2. The molecule has 5 rings (SSSR count). The molecule has 3 unspecified atom stereocenters. The third-order valence-electron chi connectivity index (χ3n) is 5.99. The van der Waals surface area contributed by atoms with Crippen molar-refractivity contribution in [1.82, 2.24) is 0 Å². The molecule has 1 spiro atoms. The molecule has 0 amide bonds. The Kier molecular flexibility index (Phi) is 3.32. The molecule has 4 saturated carbocycles. The summed E-state index contributed by atoms with van der Waals surface area (Å²) in [6.07, 6.45) is 3.12. The van der Waals surface area contributed by atoms with Crippen molar-refractivity contribution in [1.29, 1.82) is 0 Å². The lowest BCUT2D eigenvalue weighted by Gasteiger charge is -2.62. The van der Waals surface area contributed by atoms with Crippen LogP contribution >= 0.6 is 0 Å². The molecule has 23 heavy (non-hydrogen) atoms. The van der Waals surface area contributed by atoms with E-state index in [1.807, 2.05) is 0 Å². The fourth-order valence-corrected chi connectivity index (χ4v) is 5.34. The van der Waals surface area contributed by atoms with Crippen molar-refractivity contribution < 1.29 is 32.9 Å². The highest BCUT2D eigenvalue weighted by atomic mass is 19.3. The lowest BCUT2D eigenvalue weighted by atomic mass is 9.51. The molecule has 4 bridgehead atoms. The molecular formula is C16H22F2O5. The highest BCUT2D eigenvalue weighted by Gasteiger charge is 2.67. The number of rotatable bonds is 3. The highest BCUT2D eigenvalue weighted by molar-refractivity contribution is 5.77. The van der Waals surface area contributed by atoms with E-state index in [1.165, 1.54) is 0 Å². The summed E-state index contributed by atoms with van der Waals surface area (Å²) in [5.41, 5.74) is -0.803. The molecule has 0 aromatic carbocycles. The van der Waals surface area contributed by atoms with E-state index in [0.717, 1.165) is 12.8 Å². The van der Waals surface area contributed by atoms with Crippen LogP contribution < -0.4 is 0 Å². The van der Waals surface area contributed by atoms with Gasteiger partial charge in [-0.25, -0.2) is 4.79 Å². The van der Waals surface area contributed by atoms with Gasteiger partial charge in [0.1, 0.15) is 11.7 Å². The number of esters is 1. The Labute approximate surface area is 133 Å². The van der Waals surface area contributed by atoms with Gasteiger partial charge in [0, 0.05) is 18.8 Å². The monoisotopic (exact) mass is 332 g/mol. The van der Waals surface area contributed by atoms with E-state index in [2.05, 4.69) is 0 Å².